The molecule has 0 fully saturated rings. The molecule has 0 aromatic heterocycles. The molecule has 1 aromatic rings. The summed E-state index contributed by atoms with van der Waals surface area (Å²) >= 11 is 0. The van der Waals surface area contributed by atoms with Crippen LogP contribution in [0.25, 0.3) is 0 Å². The molecule has 1 rings (SSSR count). The highest BCUT2D eigenvalue weighted by atomic mass is 32.2. The van der Waals surface area contributed by atoms with Crippen molar-refractivity contribution in [3.63, 3.8) is 0 Å². The minimum atomic E-state index is -1.30. The van der Waals surface area contributed by atoms with E-state index in [9.17, 15) is 9.00 Å². The van der Waals surface area contributed by atoms with Gasteiger partial charge in [-0.3, -0.25) is 0 Å². The molecule has 0 aliphatic rings. The second-order valence-electron chi connectivity index (χ2n) is 8.42. The molecule has 154 valence electrons. The van der Waals surface area contributed by atoms with E-state index in [0.717, 1.165) is 18.4 Å². The van der Waals surface area contributed by atoms with E-state index >= 15 is 0 Å². The lowest BCUT2D eigenvalue weighted by molar-refractivity contribution is 0.0378. The van der Waals surface area contributed by atoms with Gasteiger partial charge in [-0.25, -0.2) is 13.7 Å². The number of carbonyl (C=O) groups is 1. The lowest BCUT2D eigenvalue weighted by atomic mass is 9.92. The largest absolute Gasteiger partial charge is 0.459 e. The standard InChI is InChI=1S/C21H36N2O3S/c1-8-20(6,7)27(25)23-21(22,14-13-15(2)3)18-11-9-17(10-12-18)19(24)26-16(4)5/h9-12,15-16,23H,8,13-14,22H2,1-7H3. The van der Waals surface area contributed by atoms with E-state index in [1.165, 1.54) is 0 Å². The molecular weight excluding hydrogens is 360 g/mol. The summed E-state index contributed by atoms with van der Waals surface area (Å²) in [5.41, 5.74) is 7.07. The van der Waals surface area contributed by atoms with Crippen LogP contribution in [0.4, 0.5) is 0 Å². The van der Waals surface area contributed by atoms with E-state index in [2.05, 4.69) is 18.6 Å². The summed E-state index contributed by atoms with van der Waals surface area (Å²) in [5.74, 6) is 0.118. The first-order valence-electron chi connectivity index (χ1n) is 9.71. The Morgan fingerprint density at radius 2 is 1.74 bits per heavy atom. The minimum absolute atomic E-state index is 0.169. The van der Waals surface area contributed by atoms with Crippen LogP contribution in [0.2, 0.25) is 0 Å². The van der Waals surface area contributed by atoms with Gasteiger partial charge in [-0.15, -0.1) is 0 Å². The zero-order valence-electron chi connectivity index (χ0n) is 17.8. The van der Waals surface area contributed by atoms with E-state index in [4.69, 9.17) is 10.5 Å². The van der Waals surface area contributed by atoms with Crippen LogP contribution in [-0.2, 0) is 21.4 Å². The van der Waals surface area contributed by atoms with Gasteiger partial charge in [-0.05, 0) is 70.6 Å². The summed E-state index contributed by atoms with van der Waals surface area (Å²) < 4.78 is 20.9. The first-order chi connectivity index (χ1) is 12.4. The maximum Gasteiger partial charge on any atom is 0.338 e. The Balaban J connectivity index is 3.12. The van der Waals surface area contributed by atoms with Crippen LogP contribution in [0.3, 0.4) is 0 Å². The lowest BCUT2D eigenvalue weighted by Crippen LogP contribution is -2.54. The third-order valence-corrected chi connectivity index (χ3v) is 6.56. The second kappa shape index (κ2) is 9.80. The number of hydrogen-bond donors (Lipinski definition) is 2. The fourth-order valence-corrected chi connectivity index (χ4v) is 3.48. The molecule has 0 aliphatic heterocycles. The smallest absolute Gasteiger partial charge is 0.338 e. The number of rotatable bonds is 10. The van der Waals surface area contributed by atoms with Crippen molar-refractivity contribution in [1.82, 2.24) is 4.72 Å². The van der Waals surface area contributed by atoms with E-state index in [0.29, 0.717) is 17.9 Å². The Kier molecular flexibility index (Phi) is 8.64. The summed E-state index contributed by atoms with van der Waals surface area (Å²) in [6.07, 6.45) is 2.14. The van der Waals surface area contributed by atoms with Crippen molar-refractivity contribution in [3.05, 3.63) is 35.4 Å². The molecule has 6 heteroatoms. The van der Waals surface area contributed by atoms with Gasteiger partial charge in [0.05, 0.1) is 27.4 Å². The summed E-state index contributed by atoms with van der Waals surface area (Å²) in [7, 11) is -1.30. The first kappa shape index (κ1) is 23.8. The molecule has 0 amide bonds. The lowest BCUT2D eigenvalue weighted by Gasteiger charge is -2.35. The highest BCUT2D eigenvalue weighted by molar-refractivity contribution is 7.84. The summed E-state index contributed by atoms with van der Waals surface area (Å²) in [6, 6.07) is 7.07. The Morgan fingerprint density at radius 1 is 1.19 bits per heavy atom. The summed E-state index contributed by atoms with van der Waals surface area (Å²) in [6.45, 7) is 13.8. The average molecular weight is 397 g/mol. The second-order valence-corrected chi connectivity index (χ2v) is 10.3. The highest BCUT2D eigenvalue weighted by Gasteiger charge is 2.34. The normalized spacial score (nSPS) is 15.6. The minimum Gasteiger partial charge on any atom is -0.459 e. The molecule has 3 N–H and O–H groups in total. The molecule has 2 unspecified atom stereocenters. The zero-order valence-corrected chi connectivity index (χ0v) is 18.6. The van der Waals surface area contributed by atoms with Crippen molar-refractivity contribution >= 4 is 17.0 Å². The molecule has 0 saturated carbocycles. The molecule has 0 spiro atoms. The molecule has 2 atom stereocenters. The molecule has 0 radical (unpaired) electrons. The number of esters is 1. The quantitative estimate of drug-likeness (QED) is 0.458. The van der Waals surface area contributed by atoms with Crippen molar-refractivity contribution in [2.24, 2.45) is 11.7 Å². The predicted octanol–water partition coefficient (Wildman–Crippen LogP) is 4.24. The van der Waals surface area contributed by atoms with E-state index in [-0.39, 0.29) is 16.8 Å². The van der Waals surface area contributed by atoms with Gasteiger partial charge in [-0.2, -0.15) is 0 Å². The molecule has 0 aliphatic carbocycles. The first-order valence-corrected chi connectivity index (χ1v) is 10.9. The average Bonchev–Trinajstić information content (AvgIpc) is 2.59. The van der Waals surface area contributed by atoms with Crippen LogP contribution < -0.4 is 10.5 Å². The van der Waals surface area contributed by atoms with Crippen molar-refractivity contribution in [2.75, 3.05) is 0 Å². The number of nitrogens with two attached hydrogens (primary N) is 1. The van der Waals surface area contributed by atoms with Gasteiger partial charge in [-0.1, -0.05) is 32.9 Å². The maximum absolute atomic E-state index is 12.9. The van der Waals surface area contributed by atoms with Gasteiger partial charge in [0.15, 0.2) is 0 Å². The Morgan fingerprint density at radius 3 is 2.19 bits per heavy atom. The van der Waals surface area contributed by atoms with Gasteiger partial charge >= 0.3 is 5.97 Å². The van der Waals surface area contributed by atoms with Crippen molar-refractivity contribution in [3.8, 4) is 0 Å². The van der Waals surface area contributed by atoms with E-state index in [1.807, 2.05) is 46.8 Å². The molecule has 0 bridgehead atoms. The number of nitrogens with one attached hydrogen (secondary N) is 1. The predicted molar refractivity (Wildman–Crippen MR) is 113 cm³/mol. The van der Waals surface area contributed by atoms with Crippen LogP contribution in [0, 0.1) is 5.92 Å². The van der Waals surface area contributed by atoms with Gasteiger partial charge in [0.2, 0.25) is 0 Å². The third-order valence-electron chi connectivity index (χ3n) is 4.72. The third kappa shape index (κ3) is 7.01. The summed E-state index contributed by atoms with van der Waals surface area (Å²) in [4.78, 5) is 12.1. The monoisotopic (exact) mass is 396 g/mol. The highest BCUT2D eigenvalue weighted by Crippen LogP contribution is 2.27. The fourth-order valence-electron chi connectivity index (χ4n) is 2.39. The van der Waals surface area contributed by atoms with Gasteiger partial charge in [0, 0.05) is 0 Å². The molecule has 1 aromatic carbocycles. The molecular formula is C21H36N2O3S. The molecule has 5 nitrogen and oxygen atoms in total. The van der Waals surface area contributed by atoms with Crippen LogP contribution >= 0.6 is 0 Å². The van der Waals surface area contributed by atoms with Crippen LogP contribution in [0.15, 0.2) is 24.3 Å². The van der Waals surface area contributed by atoms with Crippen LogP contribution in [-0.4, -0.2) is 21.0 Å². The molecule has 0 saturated heterocycles. The number of hydrogen-bond acceptors (Lipinski definition) is 4. The zero-order chi connectivity index (χ0) is 20.8. The van der Waals surface area contributed by atoms with E-state index in [1.54, 1.807) is 12.1 Å². The van der Waals surface area contributed by atoms with Gasteiger partial charge < -0.3 is 10.5 Å². The maximum atomic E-state index is 12.9. The van der Waals surface area contributed by atoms with Crippen LogP contribution in [0.5, 0.6) is 0 Å². The van der Waals surface area contributed by atoms with Crippen molar-refractivity contribution < 1.29 is 13.7 Å². The SMILES string of the molecule is CCC(C)(C)S(=O)NC(N)(CCC(C)C)c1ccc(C(=O)OC(C)C)cc1. The van der Waals surface area contributed by atoms with Gasteiger partial charge in [0.25, 0.3) is 0 Å². The topological polar surface area (TPSA) is 81.4 Å². The summed E-state index contributed by atoms with van der Waals surface area (Å²) in [5, 5.41) is 0. The Hall–Kier alpha value is -1.24. The van der Waals surface area contributed by atoms with Crippen molar-refractivity contribution in [2.45, 2.75) is 84.2 Å². The number of ether oxygens (including phenoxy) is 1. The number of carbonyl (C=O) groups excluding carboxylic acids is 1. The Labute approximate surface area is 167 Å². The Bertz CT molecular complexity index is 641. The number of benzene rings is 1. The van der Waals surface area contributed by atoms with Crippen molar-refractivity contribution in [1.29, 1.82) is 0 Å². The van der Waals surface area contributed by atoms with Crippen LogP contribution in [0.1, 0.15) is 83.7 Å². The molecule has 27 heavy (non-hydrogen) atoms. The van der Waals surface area contributed by atoms with Gasteiger partial charge in [0.1, 0.15) is 5.66 Å². The molecule has 0 heterocycles. The van der Waals surface area contributed by atoms with E-state index < -0.39 is 16.6 Å². The fraction of sp³-hybridized carbons (Fsp3) is 0.667.